The van der Waals surface area contributed by atoms with Gasteiger partial charge in [0.15, 0.2) is 11.4 Å². The van der Waals surface area contributed by atoms with Crippen LogP contribution in [0.25, 0.3) is 11.1 Å². The highest BCUT2D eigenvalue weighted by atomic mass is 19.3. The number of aryl methyl sites for hydroxylation is 4. The summed E-state index contributed by atoms with van der Waals surface area (Å²) in [6.07, 6.45) is 5.89. The molecule has 0 unspecified atom stereocenters. The minimum Gasteiger partial charge on any atom is -0.393 e. The summed E-state index contributed by atoms with van der Waals surface area (Å²) in [5.74, 6) is 0.989. The van der Waals surface area contributed by atoms with Crippen LogP contribution in [-0.4, -0.2) is 43.3 Å². The third-order valence-electron chi connectivity index (χ3n) is 12.1. The Kier molecular flexibility index (Phi) is 9.09. The zero-order valence-electron chi connectivity index (χ0n) is 34.4. The van der Waals surface area contributed by atoms with Gasteiger partial charge in [0.2, 0.25) is 0 Å². The molecule has 4 aliphatic rings. The smallest absolute Gasteiger partial charge is 0.393 e. The zero-order chi connectivity index (χ0) is 40.2. The molecule has 0 radical (unpaired) electrons. The molecule has 0 aliphatic carbocycles. The number of hydrogen-bond donors (Lipinski definition) is 0. The summed E-state index contributed by atoms with van der Waals surface area (Å²) in [4.78, 5) is 0. The first kappa shape index (κ1) is 38.0. The molecule has 2 aromatic carbocycles. The molecule has 0 atom stereocenters. The molecule has 0 saturated carbocycles. The Balaban J connectivity index is 1.27. The van der Waals surface area contributed by atoms with Crippen molar-refractivity contribution in [3.05, 3.63) is 152 Å². The third kappa shape index (κ3) is 5.80. The van der Waals surface area contributed by atoms with E-state index in [4.69, 9.17) is 0 Å². The molecule has 2 aromatic heterocycles. The van der Waals surface area contributed by atoms with E-state index in [9.17, 15) is 0 Å². The first-order valence-corrected chi connectivity index (χ1v) is 20.2. The number of fused-ring (bicyclic) bond motifs is 4. The molecule has 290 valence electrons. The number of hydrogen-bond acceptors (Lipinski definition) is 0. The second-order valence-electron chi connectivity index (χ2n) is 17.5. The third-order valence-corrected chi connectivity index (χ3v) is 12.1. The van der Waals surface area contributed by atoms with Crippen molar-refractivity contribution in [2.24, 2.45) is 11.8 Å². The highest BCUT2D eigenvalue weighted by Gasteiger charge is 2.57. The van der Waals surface area contributed by atoms with Gasteiger partial charge in [-0.05, 0) is 123 Å². The largest absolute Gasteiger partial charge is 0.737 e. The summed E-state index contributed by atoms with van der Waals surface area (Å²) in [5.41, 5.74) is 12.7. The summed E-state index contributed by atoms with van der Waals surface area (Å²) in [6.45, 7) is 11.2. The van der Waals surface area contributed by atoms with E-state index in [0.29, 0.717) is 57.4 Å². The number of benzene rings is 2. The molecule has 0 fully saturated rings. The van der Waals surface area contributed by atoms with Gasteiger partial charge in [-0.2, -0.15) is 0 Å². The Bertz CT molecular complexity index is 2340. The van der Waals surface area contributed by atoms with Crippen molar-refractivity contribution in [1.29, 1.82) is 0 Å². The van der Waals surface area contributed by atoms with Crippen LogP contribution >= 0.6 is 0 Å². The van der Waals surface area contributed by atoms with E-state index in [0.717, 1.165) is 57.4 Å². The van der Waals surface area contributed by atoms with Crippen LogP contribution in [0.3, 0.4) is 0 Å². The predicted octanol–water partition coefficient (Wildman–Crippen LogP) is 11.2. The van der Waals surface area contributed by atoms with E-state index in [1.807, 2.05) is 52.0 Å². The zero-order valence-corrected chi connectivity index (χ0v) is 34.4. The Morgan fingerprint density at radius 2 is 0.875 bits per heavy atom. The molecule has 8 rings (SSSR count). The Labute approximate surface area is 329 Å². The Morgan fingerprint density at radius 1 is 0.536 bits per heavy atom. The maximum absolute atomic E-state index is 17.2. The number of nitrogens with zero attached hydrogens (tertiary/aromatic N) is 4. The fourth-order valence-corrected chi connectivity index (χ4v) is 10.1. The summed E-state index contributed by atoms with van der Waals surface area (Å²) < 4.78 is 73.5. The van der Waals surface area contributed by atoms with Gasteiger partial charge in [0.25, 0.3) is 0 Å². The maximum Gasteiger partial charge on any atom is 0.737 e. The average molecular weight is 759 g/mol. The van der Waals surface area contributed by atoms with E-state index in [1.165, 1.54) is 29.1 Å². The van der Waals surface area contributed by atoms with Crippen LogP contribution in [0.4, 0.5) is 17.3 Å². The lowest BCUT2D eigenvalue weighted by molar-refractivity contribution is -0.367. The predicted molar refractivity (Wildman–Crippen MR) is 224 cm³/mol. The van der Waals surface area contributed by atoms with Crippen LogP contribution in [0, 0.1) is 39.5 Å². The fraction of sp³-hybridized carbons (Fsp3) is 0.348. The quantitative estimate of drug-likeness (QED) is 0.119. The summed E-state index contributed by atoms with van der Waals surface area (Å²) in [5, 5.41) is 0. The molecule has 4 aliphatic heterocycles. The first-order valence-electron chi connectivity index (χ1n) is 20.2. The lowest BCUT2D eigenvalue weighted by Gasteiger charge is -2.34. The fourth-order valence-electron chi connectivity index (χ4n) is 10.1. The lowest BCUT2D eigenvalue weighted by Crippen LogP contribution is -2.52. The maximum atomic E-state index is 17.2. The van der Waals surface area contributed by atoms with E-state index in [-0.39, 0.29) is 12.8 Å². The van der Waals surface area contributed by atoms with Crippen LogP contribution in [-0.2, 0) is 12.8 Å². The molecule has 0 saturated heterocycles. The van der Waals surface area contributed by atoms with E-state index < -0.39 is 13.9 Å². The molecular formula is C46H52B2F4N4. The van der Waals surface area contributed by atoms with Gasteiger partial charge < -0.3 is 35.2 Å². The van der Waals surface area contributed by atoms with Gasteiger partial charge in [0.1, 0.15) is 11.4 Å². The van der Waals surface area contributed by atoms with Gasteiger partial charge >= 0.3 is 13.9 Å². The highest BCUT2D eigenvalue weighted by Crippen LogP contribution is 2.47. The molecule has 0 amide bonds. The first-order chi connectivity index (χ1) is 26.4. The van der Waals surface area contributed by atoms with Crippen molar-refractivity contribution in [2.75, 3.05) is 0 Å². The summed E-state index contributed by atoms with van der Waals surface area (Å²) >= 11 is 0. The van der Waals surface area contributed by atoms with Crippen molar-refractivity contribution in [2.45, 2.75) is 94.9 Å². The summed E-state index contributed by atoms with van der Waals surface area (Å²) in [7, 11) is 0. The standard InChI is InChI=1S/C46H52B2F4N4/c1-27(2)21-35-11-15-37(16-12-35)41-43-29(5)23-33(9)53(43)47(49,50)55-39(25-31(7)45(41)55)19-20-40-26-32(8)46-42(38-17-13-36(14-18-38)22-28(3)4)44-30(6)24-34(10)54(44)48(51,52)56(40)46/h11-18,23-28H,19-22H2,1-10H3. The number of allylic oxidation sites excluding steroid dienone is 4. The van der Waals surface area contributed by atoms with Crippen LogP contribution in [0.15, 0.2) is 95.4 Å². The van der Waals surface area contributed by atoms with E-state index in [2.05, 4.69) is 76.2 Å². The molecule has 0 spiro atoms. The molecule has 6 heterocycles. The van der Waals surface area contributed by atoms with Crippen LogP contribution in [0.5, 0.6) is 0 Å². The topological polar surface area (TPSA) is 15.9 Å². The van der Waals surface area contributed by atoms with Crippen molar-refractivity contribution in [3.63, 3.8) is 0 Å². The van der Waals surface area contributed by atoms with Crippen molar-refractivity contribution < 1.29 is 26.2 Å². The van der Waals surface area contributed by atoms with Gasteiger partial charge in [-0.3, -0.25) is 0 Å². The molecule has 4 aromatic rings. The normalized spacial score (nSPS) is 18.3. The van der Waals surface area contributed by atoms with Gasteiger partial charge in [0, 0.05) is 47.5 Å². The van der Waals surface area contributed by atoms with Crippen molar-refractivity contribution in [3.8, 4) is 0 Å². The van der Waals surface area contributed by atoms with Gasteiger partial charge in [-0.15, -0.1) is 0 Å². The molecular weight excluding hydrogens is 706 g/mol. The monoisotopic (exact) mass is 758 g/mol. The van der Waals surface area contributed by atoms with E-state index in [1.54, 1.807) is 13.8 Å². The van der Waals surface area contributed by atoms with Crippen molar-refractivity contribution in [1.82, 2.24) is 8.96 Å². The highest BCUT2D eigenvalue weighted by molar-refractivity contribution is 6.59. The van der Waals surface area contributed by atoms with Crippen LogP contribution < -0.4 is 0 Å². The van der Waals surface area contributed by atoms with Gasteiger partial charge in [-0.1, -0.05) is 76.2 Å². The number of rotatable bonds is 9. The van der Waals surface area contributed by atoms with Gasteiger partial charge in [0.05, 0.1) is 11.1 Å². The molecule has 0 N–H and O–H groups in total. The van der Waals surface area contributed by atoms with E-state index >= 15 is 17.3 Å². The molecule has 56 heavy (non-hydrogen) atoms. The number of aromatic nitrogens is 2. The molecule has 10 heteroatoms. The van der Waals surface area contributed by atoms with Gasteiger partial charge in [-0.25, -0.2) is 0 Å². The Hall–Kier alpha value is -4.85. The lowest BCUT2D eigenvalue weighted by atomic mass is 9.83. The Morgan fingerprint density at radius 3 is 1.20 bits per heavy atom. The van der Waals surface area contributed by atoms with Crippen molar-refractivity contribution >= 4 is 36.5 Å². The average Bonchev–Trinajstić information content (AvgIpc) is 3.82. The second kappa shape index (κ2) is 13.4. The second-order valence-corrected chi connectivity index (χ2v) is 17.5. The number of halogens is 4. The SMILES string of the molecule is CC1=CC(CCC2=[N+]3C(=C(c4ccc(CC(C)C)cc4)c4c(C)cc(C)n4[B-]3(F)F)C(C)=C2)=[N+]2C1=C(c1ccc(CC(C)C)cc1)c1c(C)cc(C)n1[B-]2(F)F. The van der Waals surface area contributed by atoms with Crippen LogP contribution in [0.2, 0.25) is 0 Å². The minimum absolute atomic E-state index is 0.165. The summed E-state index contributed by atoms with van der Waals surface area (Å²) in [6, 6.07) is 20.3. The van der Waals surface area contributed by atoms with Crippen LogP contribution in [0.1, 0.15) is 111 Å². The minimum atomic E-state index is -4.28. The molecule has 4 nitrogen and oxygen atoms in total. The molecule has 0 bridgehead atoms.